The fourth-order valence-electron chi connectivity index (χ4n) is 2.02. The van der Waals surface area contributed by atoms with Crippen molar-refractivity contribution in [1.82, 2.24) is 15.1 Å². The molecule has 13 heavy (non-hydrogen) atoms. The summed E-state index contributed by atoms with van der Waals surface area (Å²) in [6.45, 7) is 4.56. The van der Waals surface area contributed by atoms with Crippen molar-refractivity contribution in [2.45, 2.75) is 19.3 Å². The first kappa shape index (κ1) is 8.75. The van der Waals surface area contributed by atoms with Gasteiger partial charge in [-0.3, -0.25) is 4.68 Å². The highest BCUT2D eigenvalue weighted by molar-refractivity contribution is 5.09. The van der Waals surface area contributed by atoms with E-state index >= 15 is 0 Å². The second-order valence-corrected chi connectivity index (χ2v) is 3.99. The number of aromatic nitrogens is 2. The fraction of sp³-hybridized carbons (Fsp3) is 0.700. The van der Waals surface area contributed by atoms with Gasteiger partial charge in [-0.15, -0.1) is 0 Å². The molecule has 0 bridgehead atoms. The standard InChI is InChI=1S/C10H17N3/c1-8-3-5-11-7-9(8)10-4-6-13(2)12-10/h4,6,8-9,11H,3,5,7H2,1-2H3. The molecular weight excluding hydrogens is 162 g/mol. The minimum atomic E-state index is 0.606. The summed E-state index contributed by atoms with van der Waals surface area (Å²) < 4.78 is 1.89. The lowest BCUT2D eigenvalue weighted by Gasteiger charge is -2.27. The molecule has 1 aliphatic rings. The molecule has 0 amide bonds. The van der Waals surface area contributed by atoms with Crippen molar-refractivity contribution >= 4 is 0 Å². The quantitative estimate of drug-likeness (QED) is 0.700. The minimum absolute atomic E-state index is 0.606. The largest absolute Gasteiger partial charge is 0.316 e. The van der Waals surface area contributed by atoms with E-state index in [0.717, 1.165) is 19.0 Å². The number of aryl methyl sites for hydroxylation is 1. The summed E-state index contributed by atoms with van der Waals surface area (Å²) in [6, 6.07) is 2.13. The first-order valence-corrected chi connectivity index (χ1v) is 4.97. The third kappa shape index (κ3) is 1.75. The lowest BCUT2D eigenvalue weighted by molar-refractivity contribution is 0.341. The van der Waals surface area contributed by atoms with Gasteiger partial charge in [0, 0.05) is 25.7 Å². The highest BCUT2D eigenvalue weighted by Gasteiger charge is 2.24. The molecule has 3 nitrogen and oxygen atoms in total. The summed E-state index contributed by atoms with van der Waals surface area (Å²) >= 11 is 0. The number of hydrogen-bond donors (Lipinski definition) is 1. The minimum Gasteiger partial charge on any atom is -0.316 e. The van der Waals surface area contributed by atoms with Gasteiger partial charge < -0.3 is 5.32 Å². The van der Waals surface area contributed by atoms with Gasteiger partial charge in [-0.05, 0) is 24.9 Å². The SMILES string of the molecule is CC1CCNCC1c1ccn(C)n1. The van der Waals surface area contributed by atoms with Crippen LogP contribution in [0.25, 0.3) is 0 Å². The average molecular weight is 179 g/mol. The zero-order valence-corrected chi connectivity index (χ0v) is 8.33. The first-order valence-electron chi connectivity index (χ1n) is 4.97. The van der Waals surface area contributed by atoms with Gasteiger partial charge in [0.25, 0.3) is 0 Å². The van der Waals surface area contributed by atoms with Crippen LogP contribution >= 0.6 is 0 Å². The van der Waals surface area contributed by atoms with E-state index in [1.807, 2.05) is 17.9 Å². The molecule has 2 heterocycles. The van der Waals surface area contributed by atoms with Gasteiger partial charge in [0.1, 0.15) is 0 Å². The lowest BCUT2D eigenvalue weighted by Crippen LogP contribution is -2.34. The Balaban J connectivity index is 2.14. The van der Waals surface area contributed by atoms with E-state index in [4.69, 9.17) is 0 Å². The summed E-state index contributed by atoms with van der Waals surface area (Å²) in [5, 5.41) is 7.89. The maximum atomic E-state index is 4.46. The molecule has 0 radical (unpaired) electrons. The fourth-order valence-corrected chi connectivity index (χ4v) is 2.02. The average Bonchev–Trinajstić information content (AvgIpc) is 2.53. The first-order chi connectivity index (χ1) is 6.27. The van der Waals surface area contributed by atoms with Crippen LogP contribution in [-0.4, -0.2) is 22.9 Å². The molecule has 2 unspecified atom stereocenters. The van der Waals surface area contributed by atoms with E-state index in [1.165, 1.54) is 12.1 Å². The maximum Gasteiger partial charge on any atom is 0.0670 e. The van der Waals surface area contributed by atoms with E-state index in [9.17, 15) is 0 Å². The van der Waals surface area contributed by atoms with Crippen molar-refractivity contribution in [3.05, 3.63) is 18.0 Å². The maximum absolute atomic E-state index is 4.46. The molecule has 2 rings (SSSR count). The summed E-state index contributed by atoms with van der Waals surface area (Å²) in [4.78, 5) is 0. The van der Waals surface area contributed by atoms with Crippen LogP contribution in [0.5, 0.6) is 0 Å². The number of nitrogens with one attached hydrogen (secondary N) is 1. The van der Waals surface area contributed by atoms with Crippen molar-refractivity contribution in [2.24, 2.45) is 13.0 Å². The normalized spacial score (nSPS) is 29.1. The summed E-state index contributed by atoms with van der Waals surface area (Å²) in [5.41, 5.74) is 1.24. The Morgan fingerprint density at radius 1 is 1.62 bits per heavy atom. The third-order valence-corrected chi connectivity index (χ3v) is 2.94. The third-order valence-electron chi connectivity index (χ3n) is 2.94. The highest BCUT2D eigenvalue weighted by Crippen LogP contribution is 2.27. The van der Waals surface area contributed by atoms with Crippen molar-refractivity contribution in [1.29, 1.82) is 0 Å². The van der Waals surface area contributed by atoms with Crippen LogP contribution in [0.2, 0.25) is 0 Å². The van der Waals surface area contributed by atoms with Gasteiger partial charge >= 0.3 is 0 Å². The Hall–Kier alpha value is -0.830. The van der Waals surface area contributed by atoms with Gasteiger partial charge in [-0.25, -0.2) is 0 Å². The van der Waals surface area contributed by atoms with Crippen molar-refractivity contribution in [3.8, 4) is 0 Å². The smallest absolute Gasteiger partial charge is 0.0670 e. The van der Waals surface area contributed by atoms with Crippen LogP contribution in [0, 0.1) is 5.92 Å². The van der Waals surface area contributed by atoms with Gasteiger partial charge in [-0.1, -0.05) is 6.92 Å². The van der Waals surface area contributed by atoms with Gasteiger partial charge in [-0.2, -0.15) is 5.10 Å². The topological polar surface area (TPSA) is 29.9 Å². The van der Waals surface area contributed by atoms with Gasteiger partial charge in [0.2, 0.25) is 0 Å². The molecule has 0 aliphatic carbocycles. The van der Waals surface area contributed by atoms with E-state index < -0.39 is 0 Å². The van der Waals surface area contributed by atoms with Crippen LogP contribution in [0.3, 0.4) is 0 Å². The second kappa shape index (κ2) is 3.50. The van der Waals surface area contributed by atoms with E-state index in [0.29, 0.717) is 5.92 Å². The van der Waals surface area contributed by atoms with Crippen LogP contribution in [0.4, 0.5) is 0 Å². The molecule has 0 aromatic carbocycles. The Kier molecular flexibility index (Phi) is 2.36. The van der Waals surface area contributed by atoms with Crippen LogP contribution in [-0.2, 0) is 7.05 Å². The summed E-state index contributed by atoms with van der Waals surface area (Å²) in [7, 11) is 1.98. The molecule has 1 aromatic rings. The van der Waals surface area contributed by atoms with Crippen molar-refractivity contribution in [2.75, 3.05) is 13.1 Å². The predicted molar refractivity (Wildman–Crippen MR) is 52.6 cm³/mol. The Morgan fingerprint density at radius 3 is 3.08 bits per heavy atom. The van der Waals surface area contributed by atoms with Crippen LogP contribution in [0.15, 0.2) is 12.3 Å². The molecule has 3 heteroatoms. The Bertz CT molecular complexity index is 279. The van der Waals surface area contributed by atoms with E-state index in [-0.39, 0.29) is 0 Å². The molecule has 1 aliphatic heterocycles. The monoisotopic (exact) mass is 179 g/mol. The van der Waals surface area contributed by atoms with Crippen molar-refractivity contribution in [3.63, 3.8) is 0 Å². The highest BCUT2D eigenvalue weighted by atomic mass is 15.2. The molecule has 72 valence electrons. The van der Waals surface area contributed by atoms with Gasteiger partial charge in [0.05, 0.1) is 5.69 Å². The van der Waals surface area contributed by atoms with E-state index in [2.05, 4.69) is 23.4 Å². The zero-order valence-electron chi connectivity index (χ0n) is 8.33. The Labute approximate surface area is 79.1 Å². The van der Waals surface area contributed by atoms with Crippen LogP contribution in [0.1, 0.15) is 25.0 Å². The van der Waals surface area contributed by atoms with Gasteiger partial charge in [0.15, 0.2) is 0 Å². The number of rotatable bonds is 1. The number of piperidine rings is 1. The van der Waals surface area contributed by atoms with Crippen LogP contribution < -0.4 is 5.32 Å². The molecule has 1 fully saturated rings. The molecule has 1 aromatic heterocycles. The zero-order chi connectivity index (χ0) is 9.26. The molecule has 1 N–H and O–H groups in total. The van der Waals surface area contributed by atoms with Crippen molar-refractivity contribution < 1.29 is 0 Å². The molecule has 0 saturated carbocycles. The number of hydrogen-bond acceptors (Lipinski definition) is 2. The lowest BCUT2D eigenvalue weighted by atomic mass is 9.86. The molecule has 2 atom stereocenters. The molecule has 1 saturated heterocycles. The number of nitrogens with zero attached hydrogens (tertiary/aromatic N) is 2. The predicted octanol–water partition coefficient (Wildman–Crippen LogP) is 1.13. The molecule has 0 spiro atoms. The molecular formula is C10H17N3. The van der Waals surface area contributed by atoms with E-state index in [1.54, 1.807) is 0 Å². The summed E-state index contributed by atoms with van der Waals surface area (Å²) in [5.74, 6) is 1.37. The Morgan fingerprint density at radius 2 is 2.46 bits per heavy atom. The summed E-state index contributed by atoms with van der Waals surface area (Å²) in [6.07, 6.45) is 3.29. The second-order valence-electron chi connectivity index (χ2n) is 3.99.